The lowest BCUT2D eigenvalue weighted by Gasteiger charge is -2.06. The third kappa shape index (κ3) is 2.05. The van der Waals surface area contributed by atoms with Gasteiger partial charge in [-0.05, 0) is 12.1 Å². The Hall–Kier alpha value is -1.84. The molecule has 0 fully saturated rings. The van der Waals surface area contributed by atoms with Crippen molar-refractivity contribution in [2.45, 2.75) is 0 Å². The van der Waals surface area contributed by atoms with E-state index in [1.54, 1.807) is 13.1 Å². The fraction of sp³-hybridized carbons (Fsp3) is 0.111. The molecular weight excluding hydrogens is 166 g/mol. The second kappa shape index (κ2) is 4.25. The summed E-state index contributed by atoms with van der Waals surface area (Å²) in [4.78, 5) is 13.6. The zero-order valence-electron chi connectivity index (χ0n) is 7.32. The summed E-state index contributed by atoms with van der Waals surface area (Å²) in [6, 6.07) is 7.38. The number of hydrogen-bond donors (Lipinski definition) is 2. The van der Waals surface area contributed by atoms with Crippen LogP contribution in [0.5, 0.6) is 0 Å². The first-order valence-corrected chi connectivity index (χ1v) is 3.83. The van der Waals surface area contributed by atoms with Gasteiger partial charge in [0.1, 0.15) is 5.84 Å². The zero-order chi connectivity index (χ0) is 9.68. The number of anilines is 1. The Morgan fingerprint density at radius 1 is 1.54 bits per heavy atom. The lowest BCUT2D eigenvalue weighted by molar-refractivity contribution is -0.106. The van der Waals surface area contributed by atoms with Crippen molar-refractivity contribution in [2.75, 3.05) is 12.4 Å². The van der Waals surface area contributed by atoms with Crippen molar-refractivity contribution in [3.05, 3.63) is 29.8 Å². The van der Waals surface area contributed by atoms with E-state index in [0.717, 1.165) is 11.3 Å². The maximum absolute atomic E-state index is 10.1. The third-order valence-corrected chi connectivity index (χ3v) is 1.66. The van der Waals surface area contributed by atoms with Crippen LogP contribution in [0.2, 0.25) is 0 Å². The highest BCUT2D eigenvalue weighted by Crippen LogP contribution is 2.12. The number of nitrogens with zero attached hydrogens (tertiary/aromatic N) is 1. The smallest absolute Gasteiger partial charge is 0.234 e. The van der Waals surface area contributed by atoms with E-state index in [4.69, 9.17) is 5.73 Å². The molecule has 1 aromatic carbocycles. The fourth-order valence-corrected chi connectivity index (χ4v) is 1.05. The number of carbonyl (C=O) groups is 1. The van der Waals surface area contributed by atoms with Crippen LogP contribution in [-0.4, -0.2) is 19.3 Å². The molecule has 0 heterocycles. The van der Waals surface area contributed by atoms with E-state index in [-0.39, 0.29) is 5.84 Å². The summed E-state index contributed by atoms with van der Waals surface area (Å²) in [6.45, 7) is 0. The molecular formula is C9H11N3O. The van der Waals surface area contributed by atoms with Crippen LogP contribution >= 0.6 is 0 Å². The normalized spacial score (nSPS) is 11.0. The molecule has 0 aromatic heterocycles. The Kier molecular flexibility index (Phi) is 3.03. The van der Waals surface area contributed by atoms with E-state index in [2.05, 4.69) is 10.3 Å². The van der Waals surface area contributed by atoms with Gasteiger partial charge in [0, 0.05) is 18.3 Å². The first-order valence-electron chi connectivity index (χ1n) is 3.83. The highest BCUT2D eigenvalue weighted by atomic mass is 16.1. The van der Waals surface area contributed by atoms with Gasteiger partial charge in [0.15, 0.2) is 0 Å². The minimum atomic E-state index is 0.222. The van der Waals surface area contributed by atoms with Gasteiger partial charge in [0.2, 0.25) is 6.41 Å². The predicted molar refractivity (Wildman–Crippen MR) is 52.8 cm³/mol. The molecule has 0 saturated heterocycles. The Morgan fingerprint density at radius 3 is 2.85 bits per heavy atom. The molecule has 4 heteroatoms. The molecule has 68 valence electrons. The topological polar surface area (TPSA) is 67.5 Å². The number of benzene rings is 1. The zero-order valence-corrected chi connectivity index (χ0v) is 7.32. The number of hydrogen-bond acceptors (Lipinski definition) is 2. The van der Waals surface area contributed by atoms with Gasteiger partial charge in [-0.15, -0.1) is 0 Å². The standard InChI is InChI=1S/C9H11N3O/c1-11-8-5-3-2-4-7(8)9(10)12-6-13/h2-6,11H,1H3,(H2,10,12,13). The number of carbonyl (C=O) groups excluding carboxylic acids is 1. The molecule has 0 saturated carbocycles. The Morgan fingerprint density at radius 2 is 2.23 bits per heavy atom. The molecule has 1 aromatic rings. The number of para-hydroxylation sites is 1. The summed E-state index contributed by atoms with van der Waals surface area (Å²) >= 11 is 0. The van der Waals surface area contributed by atoms with E-state index < -0.39 is 0 Å². The Bertz CT molecular complexity index is 333. The van der Waals surface area contributed by atoms with Crippen molar-refractivity contribution in [1.82, 2.24) is 0 Å². The number of rotatable bonds is 3. The van der Waals surface area contributed by atoms with Crippen LogP contribution in [0.4, 0.5) is 5.69 Å². The summed E-state index contributed by atoms with van der Waals surface area (Å²) in [5.74, 6) is 0.222. The van der Waals surface area contributed by atoms with Crippen molar-refractivity contribution in [1.29, 1.82) is 0 Å². The van der Waals surface area contributed by atoms with Crippen molar-refractivity contribution >= 4 is 17.9 Å². The van der Waals surface area contributed by atoms with Crippen molar-refractivity contribution < 1.29 is 4.79 Å². The summed E-state index contributed by atoms with van der Waals surface area (Å²) in [6.07, 6.45) is 0.432. The van der Waals surface area contributed by atoms with Crippen molar-refractivity contribution in [3.8, 4) is 0 Å². The Balaban J connectivity index is 3.12. The summed E-state index contributed by atoms with van der Waals surface area (Å²) < 4.78 is 0. The molecule has 1 amide bonds. The maximum Gasteiger partial charge on any atom is 0.234 e. The van der Waals surface area contributed by atoms with Crippen LogP contribution in [0.1, 0.15) is 5.56 Å². The van der Waals surface area contributed by atoms with Gasteiger partial charge in [-0.3, -0.25) is 4.79 Å². The molecule has 0 unspecified atom stereocenters. The van der Waals surface area contributed by atoms with Crippen LogP contribution in [-0.2, 0) is 4.79 Å². The van der Waals surface area contributed by atoms with Crippen molar-refractivity contribution in [2.24, 2.45) is 10.7 Å². The van der Waals surface area contributed by atoms with Crippen LogP contribution in [0.3, 0.4) is 0 Å². The average molecular weight is 177 g/mol. The minimum absolute atomic E-state index is 0.222. The predicted octanol–water partition coefficient (Wildman–Crippen LogP) is 0.590. The van der Waals surface area contributed by atoms with Gasteiger partial charge in [0.25, 0.3) is 0 Å². The van der Waals surface area contributed by atoms with Gasteiger partial charge < -0.3 is 11.1 Å². The number of aliphatic imine (C=N–C) groups is 1. The van der Waals surface area contributed by atoms with E-state index in [0.29, 0.717) is 6.41 Å². The minimum Gasteiger partial charge on any atom is -0.388 e. The molecule has 0 aliphatic rings. The van der Waals surface area contributed by atoms with Crippen molar-refractivity contribution in [3.63, 3.8) is 0 Å². The number of amides is 1. The van der Waals surface area contributed by atoms with Crippen LogP contribution < -0.4 is 11.1 Å². The Labute approximate surface area is 76.5 Å². The monoisotopic (exact) mass is 177 g/mol. The van der Waals surface area contributed by atoms with E-state index in [9.17, 15) is 4.79 Å². The second-order valence-corrected chi connectivity index (χ2v) is 2.42. The SMILES string of the molecule is CNc1ccccc1C(N)=NC=O. The number of nitrogens with two attached hydrogens (primary N) is 1. The molecule has 4 nitrogen and oxygen atoms in total. The average Bonchev–Trinajstić information content (AvgIpc) is 2.18. The van der Waals surface area contributed by atoms with Crippen LogP contribution in [0.15, 0.2) is 29.3 Å². The maximum atomic E-state index is 10.1. The summed E-state index contributed by atoms with van der Waals surface area (Å²) in [7, 11) is 1.78. The first-order chi connectivity index (χ1) is 6.29. The molecule has 13 heavy (non-hydrogen) atoms. The van der Waals surface area contributed by atoms with Gasteiger partial charge in [0.05, 0.1) is 0 Å². The van der Waals surface area contributed by atoms with Gasteiger partial charge in [-0.2, -0.15) is 4.99 Å². The quantitative estimate of drug-likeness (QED) is 0.403. The molecule has 0 aliphatic heterocycles. The second-order valence-electron chi connectivity index (χ2n) is 2.42. The van der Waals surface area contributed by atoms with Gasteiger partial charge >= 0.3 is 0 Å². The highest BCUT2D eigenvalue weighted by Gasteiger charge is 2.02. The molecule has 1 rings (SSSR count). The van der Waals surface area contributed by atoms with E-state index >= 15 is 0 Å². The lowest BCUT2D eigenvalue weighted by atomic mass is 10.1. The van der Waals surface area contributed by atoms with E-state index in [1.165, 1.54) is 0 Å². The lowest BCUT2D eigenvalue weighted by Crippen LogP contribution is -2.15. The molecule has 0 spiro atoms. The highest BCUT2D eigenvalue weighted by molar-refractivity contribution is 6.04. The molecule has 0 atom stereocenters. The first kappa shape index (κ1) is 9.25. The molecule has 0 radical (unpaired) electrons. The fourth-order valence-electron chi connectivity index (χ4n) is 1.05. The summed E-state index contributed by atoms with van der Waals surface area (Å²) in [5, 5.41) is 2.96. The number of amidine groups is 1. The largest absolute Gasteiger partial charge is 0.388 e. The molecule has 3 N–H and O–H groups in total. The van der Waals surface area contributed by atoms with Crippen LogP contribution in [0.25, 0.3) is 0 Å². The van der Waals surface area contributed by atoms with Gasteiger partial charge in [-0.25, -0.2) is 0 Å². The molecule has 0 bridgehead atoms. The van der Waals surface area contributed by atoms with Gasteiger partial charge in [-0.1, -0.05) is 12.1 Å². The third-order valence-electron chi connectivity index (χ3n) is 1.66. The van der Waals surface area contributed by atoms with Crippen LogP contribution in [0, 0.1) is 0 Å². The number of nitrogens with one attached hydrogen (secondary N) is 1. The molecule has 0 aliphatic carbocycles. The summed E-state index contributed by atoms with van der Waals surface area (Å²) in [5.41, 5.74) is 7.15. The van der Waals surface area contributed by atoms with E-state index in [1.807, 2.05) is 18.2 Å².